The van der Waals surface area contributed by atoms with Crippen molar-refractivity contribution in [1.82, 2.24) is 0 Å². The number of aliphatic hydroxyl groups is 2. The van der Waals surface area contributed by atoms with Crippen molar-refractivity contribution in [3.05, 3.63) is 0 Å². The summed E-state index contributed by atoms with van der Waals surface area (Å²) in [6, 6.07) is 0. The number of ether oxygens (including phenoxy) is 1. The summed E-state index contributed by atoms with van der Waals surface area (Å²) < 4.78 is 4.69. The van der Waals surface area contributed by atoms with Crippen LogP contribution in [0.4, 0.5) is 0 Å². The lowest BCUT2D eigenvalue weighted by Crippen LogP contribution is -2.27. The van der Waals surface area contributed by atoms with E-state index in [4.69, 9.17) is 10.2 Å². The third-order valence-electron chi connectivity index (χ3n) is 1.37. The normalized spacial score (nSPS) is 12.0. The summed E-state index contributed by atoms with van der Waals surface area (Å²) in [5.74, 6) is -1.95. The van der Waals surface area contributed by atoms with Gasteiger partial charge in [-0.15, -0.1) is 0 Å². The molecule has 0 saturated heterocycles. The Hall–Kier alpha value is -0.120. The Bertz CT molecular complexity index is 85.8. The Morgan fingerprint density at radius 2 is 1.82 bits per heavy atom. The first-order valence-electron chi connectivity index (χ1n) is 4.15. The van der Waals surface area contributed by atoms with Gasteiger partial charge < -0.3 is 14.9 Å². The first kappa shape index (κ1) is 10.9. The number of hydrogen-bond acceptors (Lipinski definition) is 3. The van der Waals surface area contributed by atoms with Gasteiger partial charge in [0.05, 0.1) is 6.61 Å². The molecule has 3 heteroatoms. The van der Waals surface area contributed by atoms with Crippen LogP contribution in [0.1, 0.15) is 39.5 Å². The molecular formula is C8H18O3. The molecule has 0 fully saturated rings. The fourth-order valence-corrected chi connectivity index (χ4v) is 0.794. The van der Waals surface area contributed by atoms with E-state index in [1.54, 1.807) is 0 Å². The van der Waals surface area contributed by atoms with Crippen molar-refractivity contribution in [1.29, 1.82) is 0 Å². The summed E-state index contributed by atoms with van der Waals surface area (Å²) >= 11 is 0. The zero-order chi connectivity index (χ0) is 8.74. The SMILES string of the molecule is CCCCCCOC(C)(O)O. The Labute approximate surface area is 68.0 Å². The van der Waals surface area contributed by atoms with Crippen molar-refractivity contribution >= 4 is 0 Å². The minimum atomic E-state index is -1.95. The highest BCUT2D eigenvalue weighted by Gasteiger charge is 2.13. The maximum absolute atomic E-state index is 8.71. The van der Waals surface area contributed by atoms with E-state index in [1.165, 1.54) is 19.8 Å². The number of unbranched alkanes of at least 4 members (excludes halogenated alkanes) is 3. The molecular weight excluding hydrogens is 144 g/mol. The van der Waals surface area contributed by atoms with Gasteiger partial charge in [-0.25, -0.2) is 0 Å². The van der Waals surface area contributed by atoms with Gasteiger partial charge in [-0.2, -0.15) is 0 Å². The van der Waals surface area contributed by atoms with Crippen molar-refractivity contribution in [2.45, 2.75) is 45.5 Å². The third kappa shape index (κ3) is 9.88. The van der Waals surface area contributed by atoms with Crippen LogP contribution in [0.2, 0.25) is 0 Å². The topological polar surface area (TPSA) is 49.7 Å². The lowest BCUT2D eigenvalue weighted by atomic mass is 10.2. The fraction of sp³-hybridized carbons (Fsp3) is 1.00. The highest BCUT2D eigenvalue weighted by molar-refractivity contribution is 4.41. The number of hydrogen-bond donors (Lipinski definition) is 2. The highest BCUT2D eigenvalue weighted by atomic mass is 16.8. The van der Waals surface area contributed by atoms with E-state index in [0.29, 0.717) is 6.61 Å². The van der Waals surface area contributed by atoms with E-state index in [1.807, 2.05) is 0 Å². The molecule has 3 nitrogen and oxygen atoms in total. The Morgan fingerprint density at radius 1 is 1.18 bits per heavy atom. The average Bonchev–Trinajstić information content (AvgIpc) is 1.85. The molecule has 0 atom stereocenters. The van der Waals surface area contributed by atoms with Crippen LogP contribution in [0.3, 0.4) is 0 Å². The molecule has 0 aliphatic carbocycles. The summed E-state index contributed by atoms with van der Waals surface area (Å²) in [6.07, 6.45) is 4.34. The molecule has 11 heavy (non-hydrogen) atoms. The maximum atomic E-state index is 8.71. The van der Waals surface area contributed by atoms with Crippen molar-refractivity contribution in [2.24, 2.45) is 0 Å². The van der Waals surface area contributed by atoms with Gasteiger partial charge in [-0.05, 0) is 6.42 Å². The molecule has 0 radical (unpaired) electrons. The molecule has 0 spiro atoms. The van der Waals surface area contributed by atoms with E-state index in [0.717, 1.165) is 12.8 Å². The van der Waals surface area contributed by atoms with Gasteiger partial charge in [0.25, 0.3) is 5.97 Å². The Morgan fingerprint density at radius 3 is 2.27 bits per heavy atom. The van der Waals surface area contributed by atoms with Gasteiger partial charge in [-0.1, -0.05) is 26.2 Å². The zero-order valence-corrected chi connectivity index (χ0v) is 7.34. The van der Waals surface area contributed by atoms with Crippen LogP contribution in [0, 0.1) is 0 Å². The predicted molar refractivity (Wildman–Crippen MR) is 42.9 cm³/mol. The molecule has 0 aromatic carbocycles. The average molecular weight is 162 g/mol. The first-order valence-corrected chi connectivity index (χ1v) is 4.15. The molecule has 0 unspecified atom stereocenters. The van der Waals surface area contributed by atoms with Crippen molar-refractivity contribution < 1.29 is 14.9 Å². The van der Waals surface area contributed by atoms with Crippen LogP contribution < -0.4 is 0 Å². The lowest BCUT2D eigenvalue weighted by molar-refractivity contribution is -0.325. The van der Waals surface area contributed by atoms with E-state index < -0.39 is 5.97 Å². The molecule has 0 aromatic heterocycles. The van der Waals surface area contributed by atoms with Gasteiger partial charge in [0, 0.05) is 6.92 Å². The first-order chi connectivity index (χ1) is 5.06. The molecule has 0 rings (SSSR count). The molecule has 0 heterocycles. The second kappa shape index (κ2) is 5.52. The highest BCUT2D eigenvalue weighted by Crippen LogP contribution is 2.03. The molecule has 0 aromatic rings. The van der Waals surface area contributed by atoms with Crippen LogP contribution in [0.5, 0.6) is 0 Å². The smallest absolute Gasteiger partial charge is 0.274 e. The monoisotopic (exact) mass is 162 g/mol. The van der Waals surface area contributed by atoms with Crippen molar-refractivity contribution in [3.63, 3.8) is 0 Å². The summed E-state index contributed by atoms with van der Waals surface area (Å²) in [7, 11) is 0. The Kier molecular flexibility index (Phi) is 5.46. The standard InChI is InChI=1S/C8H18O3/c1-3-4-5-6-7-11-8(2,9)10/h9-10H,3-7H2,1-2H3. The maximum Gasteiger partial charge on any atom is 0.274 e. The van der Waals surface area contributed by atoms with Gasteiger partial charge in [0.2, 0.25) is 0 Å². The van der Waals surface area contributed by atoms with Crippen LogP contribution >= 0.6 is 0 Å². The minimum Gasteiger partial charge on any atom is -0.344 e. The van der Waals surface area contributed by atoms with Gasteiger partial charge >= 0.3 is 0 Å². The fourth-order valence-electron chi connectivity index (χ4n) is 0.794. The van der Waals surface area contributed by atoms with E-state index in [-0.39, 0.29) is 0 Å². The zero-order valence-electron chi connectivity index (χ0n) is 7.34. The van der Waals surface area contributed by atoms with Crippen LogP contribution in [-0.2, 0) is 4.74 Å². The van der Waals surface area contributed by atoms with Crippen molar-refractivity contribution in [2.75, 3.05) is 6.61 Å². The van der Waals surface area contributed by atoms with E-state index in [9.17, 15) is 0 Å². The van der Waals surface area contributed by atoms with Gasteiger partial charge in [0.1, 0.15) is 0 Å². The van der Waals surface area contributed by atoms with Crippen LogP contribution in [0.25, 0.3) is 0 Å². The van der Waals surface area contributed by atoms with Gasteiger partial charge in [0.15, 0.2) is 0 Å². The summed E-state index contributed by atoms with van der Waals surface area (Å²) in [5.41, 5.74) is 0. The predicted octanol–water partition coefficient (Wildman–Crippen LogP) is 1.24. The molecule has 0 aliphatic rings. The summed E-state index contributed by atoms with van der Waals surface area (Å²) in [5, 5.41) is 17.4. The minimum absolute atomic E-state index is 0.420. The third-order valence-corrected chi connectivity index (χ3v) is 1.37. The Balaban J connectivity index is 3.02. The van der Waals surface area contributed by atoms with Crippen LogP contribution in [-0.4, -0.2) is 22.8 Å². The summed E-state index contributed by atoms with van der Waals surface area (Å²) in [6.45, 7) is 3.76. The van der Waals surface area contributed by atoms with Gasteiger partial charge in [-0.3, -0.25) is 0 Å². The van der Waals surface area contributed by atoms with E-state index in [2.05, 4.69) is 11.7 Å². The van der Waals surface area contributed by atoms with Crippen LogP contribution in [0.15, 0.2) is 0 Å². The second-order valence-corrected chi connectivity index (χ2v) is 2.84. The van der Waals surface area contributed by atoms with E-state index >= 15 is 0 Å². The molecule has 0 aliphatic heterocycles. The lowest BCUT2D eigenvalue weighted by Gasteiger charge is -2.15. The molecule has 0 amide bonds. The molecule has 0 saturated carbocycles. The molecule has 68 valence electrons. The molecule has 2 N–H and O–H groups in total. The second-order valence-electron chi connectivity index (χ2n) is 2.84. The molecule has 0 bridgehead atoms. The van der Waals surface area contributed by atoms with Crippen molar-refractivity contribution in [3.8, 4) is 0 Å². The summed E-state index contributed by atoms with van der Waals surface area (Å²) in [4.78, 5) is 0. The largest absolute Gasteiger partial charge is 0.344 e. The quantitative estimate of drug-likeness (QED) is 0.456. The number of rotatable bonds is 6.